The van der Waals surface area contributed by atoms with Gasteiger partial charge in [0.1, 0.15) is 34.8 Å². The number of rotatable bonds is 11. The molecule has 10 rings (SSSR count). The fourth-order valence-corrected chi connectivity index (χ4v) is 10.7. The molecule has 10 heteroatoms. The number of likely N-dealkylation sites (tertiary alicyclic amines) is 2. The van der Waals surface area contributed by atoms with Crippen molar-refractivity contribution in [2.75, 3.05) is 40.3 Å². The van der Waals surface area contributed by atoms with Gasteiger partial charge in [-0.3, -0.25) is 19.4 Å². The maximum absolute atomic E-state index is 14.9. The van der Waals surface area contributed by atoms with Gasteiger partial charge < -0.3 is 19.8 Å². The van der Waals surface area contributed by atoms with Gasteiger partial charge in [-0.25, -0.2) is 9.97 Å². The Balaban J connectivity index is 0.946. The van der Waals surface area contributed by atoms with E-state index in [4.69, 9.17) is 9.97 Å². The third-order valence-corrected chi connectivity index (χ3v) is 14.0. The van der Waals surface area contributed by atoms with Crippen molar-refractivity contribution in [3.63, 3.8) is 0 Å². The number of benzene rings is 4. The molecule has 306 valence electrons. The number of aromatic nitrogens is 4. The Bertz CT molecular complexity index is 2280. The summed E-state index contributed by atoms with van der Waals surface area (Å²) in [5.41, 5.74) is 6.82. The molecule has 1 unspecified atom stereocenters. The molecule has 6 heterocycles. The largest absolute Gasteiger partial charge is 0.343 e. The zero-order valence-corrected chi connectivity index (χ0v) is 34.7. The van der Waals surface area contributed by atoms with Gasteiger partial charge in [-0.15, -0.1) is 0 Å². The lowest BCUT2D eigenvalue weighted by Crippen LogP contribution is -2.53. The van der Waals surface area contributed by atoms with Crippen LogP contribution in [-0.4, -0.2) is 91.6 Å². The minimum atomic E-state index is -0.744. The van der Waals surface area contributed by atoms with E-state index in [9.17, 15) is 9.59 Å². The van der Waals surface area contributed by atoms with Gasteiger partial charge in [0.25, 0.3) is 0 Å². The highest BCUT2D eigenvalue weighted by atomic mass is 16.2. The number of carbonyl (C=O) groups is 2. The SMILES string of the molecule is CN(C(=O)[C@@H](c1ccccc1)N1CCCCC1)C1(c2ccc(-c3ccc([C@]4(N(C)C(=O)[C@@H](c5ccccc5)N5CCCCC5)Cc5cnc4[nH]5)cc3)cc2)Cc2cnc1[nH]2. The Morgan fingerprint density at radius 2 is 0.900 bits per heavy atom. The van der Waals surface area contributed by atoms with Crippen LogP contribution in [0.15, 0.2) is 122 Å². The van der Waals surface area contributed by atoms with Gasteiger partial charge in [0, 0.05) is 50.7 Å². The molecule has 4 aliphatic heterocycles. The molecule has 6 aromatic rings. The van der Waals surface area contributed by atoms with Crippen molar-refractivity contribution in [1.29, 1.82) is 0 Å². The van der Waals surface area contributed by atoms with Crippen LogP contribution < -0.4 is 0 Å². The summed E-state index contributed by atoms with van der Waals surface area (Å²) in [4.78, 5) is 55.1. The van der Waals surface area contributed by atoms with Gasteiger partial charge in [0.2, 0.25) is 11.8 Å². The number of carbonyl (C=O) groups excluding carboxylic acids is 2. The Morgan fingerprint density at radius 3 is 1.22 bits per heavy atom. The van der Waals surface area contributed by atoms with E-state index < -0.39 is 11.1 Å². The molecule has 2 N–H and O–H groups in total. The molecule has 0 saturated carbocycles. The molecule has 0 spiro atoms. The molecular weight excluding hydrogens is 745 g/mol. The van der Waals surface area contributed by atoms with Crippen LogP contribution in [0.4, 0.5) is 0 Å². The molecule has 4 atom stereocenters. The average Bonchev–Trinajstić information content (AvgIpc) is 4.14. The quantitative estimate of drug-likeness (QED) is 0.139. The fourth-order valence-electron chi connectivity index (χ4n) is 10.7. The van der Waals surface area contributed by atoms with Crippen LogP contribution in [0.1, 0.15) is 95.9 Å². The lowest BCUT2D eigenvalue weighted by molar-refractivity contribution is -0.142. The molecule has 10 nitrogen and oxygen atoms in total. The summed E-state index contributed by atoms with van der Waals surface area (Å²) in [5, 5.41) is 0. The van der Waals surface area contributed by atoms with Crippen molar-refractivity contribution in [2.24, 2.45) is 0 Å². The van der Waals surface area contributed by atoms with Crippen molar-refractivity contribution in [3.05, 3.63) is 167 Å². The molecule has 60 heavy (non-hydrogen) atoms. The number of hydrogen-bond donors (Lipinski definition) is 2. The summed E-state index contributed by atoms with van der Waals surface area (Å²) in [5.74, 6) is 1.76. The highest BCUT2D eigenvalue weighted by molar-refractivity contribution is 5.86. The lowest BCUT2D eigenvalue weighted by Gasteiger charge is -2.43. The number of nitrogens with one attached hydrogen (secondary N) is 2. The van der Waals surface area contributed by atoms with Crippen LogP contribution in [0.25, 0.3) is 11.1 Å². The van der Waals surface area contributed by atoms with Crippen LogP contribution >= 0.6 is 0 Å². The standard InChI is InChI=1S/C50H54N8O2/c1-55(45(59)43(37-15-7-3-8-16-37)57-27-11-5-12-28-57)49(31-41-33-51-47(49)53-41)39-23-19-35(20-24-39)36-21-25-40(26-22-36)50(32-42-34-52-48(50)54-42)56(2)46(60)44(38-17-9-4-10-18-38)58-29-13-6-14-30-58/h3-4,7-10,15-26,33-34,43-44H,5-6,11-14,27-32H2,1-2H3,(H,51,53)(H,52,54)/t43-,44-,49-,50?/m1/s1. The number of piperidine rings is 2. The summed E-state index contributed by atoms with van der Waals surface area (Å²) in [6, 6.07) is 37.1. The van der Waals surface area contributed by atoms with Crippen molar-refractivity contribution in [2.45, 2.75) is 74.5 Å². The smallest absolute Gasteiger partial charge is 0.245 e. The van der Waals surface area contributed by atoms with Gasteiger partial charge in [-0.05, 0) is 85.2 Å². The van der Waals surface area contributed by atoms with E-state index in [1.165, 1.54) is 12.8 Å². The molecule has 0 aliphatic carbocycles. The number of hydrogen-bond acceptors (Lipinski definition) is 6. The summed E-state index contributed by atoms with van der Waals surface area (Å²) in [6.07, 6.45) is 11.9. The fraction of sp³-hybridized carbons (Fsp3) is 0.360. The van der Waals surface area contributed by atoms with E-state index >= 15 is 0 Å². The number of amides is 2. The zero-order chi connectivity index (χ0) is 40.8. The van der Waals surface area contributed by atoms with Gasteiger partial charge in [0.15, 0.2) is 0 Å². The topological polar surface area (TPSA) is 104 Å². The Hall–Kier alpha value is -5.84. The normalized spacial score (nSPS) is 22.4. The van der Waals surface area contributed by atoms with E-state index in [0.717, 1.165) is 108 Å². The third kappa shape index (κ3) is 6.39. The highest BCUT2D eigenvalue weighted by Gasteiger charge is 2.51. The molecule has 4 aliphatic rings. The number of aromatic amines is 2. The van der Waals surface area contributed by atoms with Crippen molar-refractivity contribution >= 4 is 11.8 Å². The average molecular weight is 799 g/mol. The van der Waals surface area contributed by atoms with E-state index in [0.29, 0.717) is 12.8 Å². The molecule has 2 fully saturated rings. The van der Waals surface area contributed by atoms with Crippen molar-refractivity contribution in [1.82, 2.24) is 39.5 Å². The van der Waals surface area contributed by atoms with Crippen LogP contribution in [0.2, 0.25) is 0 Å². The summed E-state index contributed by atoms with van der Waals surface area (Å²) in [6.45, 7) is 3.64. The van der Waals surface area contributed by atoms with Crippen molar-refractivity contribution in [3.8, 4) is 11.1 Å². The first-order valence-electron chi connectivity index (χ1n) is 21.8. The Labute approximate surface area is 352 Å². The Kier molecular flexibility index (Phi) is 10.0. The van der Waals surface area contributed by atoms with E-state index in [2.05, 4.69) is 92.6 Å². The first kappa shape index (κ1) is 38.4. The second kappa shape index (κ2) is 15.6. The lowest BCUT2D eigenvalue weighted by atomic mass is 9.81. The second-order valence-corrected chi connectivity index (χ2v) is 17.4. The predicted octanol–water partition coefficient (Wildman–Crippen LogP) is 7.77. The van der Waals surface area contributed by atoms with Crippen LogP contribution in [-0.2, 0) is 33.5 Å². The first-order chi connectivity index (χ1) is 29.4. The van der Waals surface area contributed by atoms with E-state index in [1.807, 2.05) is 72.7 Å². The molecule has 0 radical (unpaired) electrons. The van der Waals surface area contributed by atoms with Crippen LogP contribution in [0.5, 0.6) is 0 Å². The van der Waals surface area contributed by atoms with Crippen molar-refractivity contribution < 1.29 is 9.59 Å². The summed E-state index contributed by atoms with van der Waals surface area (Å²) < 4.78 is 0. The maximum atomic E-state index is 14.9. The zero-order valence-electron chi connectivity index (χ0n) is 34.7. The molecule has 2 amide bonds. The number of nitrogens with zero attached hydrogens (tertiary/aromatic N) is 6. The molecule has 4 aromatic carbocycles. The first-order valence-corrected chi connectivity index (χ1v) is 21.8. The minimum Gasteiger partial charge on any atom is -0.343 e. The molecule has 2 aromatic heterocycles. The monoisotopic (exact) mass is 798 g/mol. The summed E-state index contributed by atoms with van der Waals surface area (Å²) >= 11 is 0. The number of imidazole rings is 2. The number of likely N-dealkylation sites (N-methyl/N-ethyl adjacent to an activating group) is 2. The van der Waals surface area contributed by atoms with Gasteiger partial charge in [0.05, 0.1) is 0 Å². The number of H-pyrrole nitrogens is 2. The Morgan fingerprint density at radius 1 is 0.533 bits per heavy atom. The predicted molar refractivity (Wildman–Crippen MR) is 233 cm³/mol. The minimum absolute atomic E-state index is 0.0827. The van der Waals surface area contributed by atoms with Gasteiger partial charge in [-0.2, -0.15) is 0 Å². The van der Waals surface area contributed by atoms with E-state index in [-0.39, 0.29) is 23.9 Å². The van der Waals surface area contributed by atoms with Gasteiger partial charge in [-0.1, -0.05) is 122 Å². The van der Waals surface area contributed by atoms with Gasteiger partial charge >= 0.3 is 0 Å². The third-order valence-electron chi connectivity index (χ3n) is 14.0. The molecular formula is C50H54N8O2. The summed E-state index contributed by atoms with van der Waals surface area (Å²) in [7, 11) is 3.91. The van der Waals surface area contributed by atoms with Crippen LogP contribution in [0, 0.1) is 0 Å². The highest BCUT2D eigenvalue weighted by Crippen LogP contribution is 2.46. The molecule has 4 bridgehead atoms. The second-order valence-electron chi connectivity index (χ2n) is 17.4. The maximum Gasteiger partial charge on any atom is 0.245 e. The molecule has 2 saturated heterocycles. The number of fused-ring (bicyclic) bond motifs is 4. The van der Waals surface area contributed by atoms with E-state index in [1.54, 1.807) is 0 Å². The van der Waals surface area contributed by atoms with Crippen LogP contribution in [0.3, 0.4) is 0 Å².